The number of esters is 1. The molecule has 7 atom stereocenters. The number of benzene rings is 1. The van der Waals surface area contributed by atoms with Crippen molar-refractivity contribution in [3.05, 3.63) is 35.9 Å². The lowest BCUT2D eigenvalue weighted by atomic mass is 9.62. The number of ether oxygens (including phenoxy) is 2. The summed E-state index contributed by atoms with van der Waals surface area (Å²) in [7, 11) is 0. The van der Waals surface area contributed by atoms with Gasteiger partial charge in [0.1, 0.15) is 17.6 Å². The van der Waals surface area contributed by atoms with Crippen LogP contribution in [-0.4, -0.2) is 70.3 Å². The summed E-state index contributed by atoms with van der Waals surface area (Å²) in [6.45, 7) is 9.19. The van der Waals surface area contributed by atoms with Gasteiger partial charge in [0.25, 0.3) is 0 Å². The third-order valence-electron chi connectivity index (χ3n) is 7.89. The van der Waals surface area contributed by atoms with E-state index in [1.807, 2.05) is 58.0 Å². The van der Waals surface area contributed by atoms with Gasteiger partial charge in [-0.05, 0) is 52.0 Å². The first-order valence-corrected chi connectivity index (χ1v) is 12.2. The van der Waals surface area contributed by atoms with E-state index in [4.69, 9.17) is 9.47 Å². The molecule has 186 valence electrons. The van der Waals surface area contributed by atoms with E-state index in [1.54, 1.807) is 6.92 Å². The molecule has 2 N–H and O–H groups in total. The van der Waals surface area contributed by atoms with E-state index in [0.29, 0.717) is 12.8 Å². The second-order valence-corrected chi connectivity index (χ2v) is 10.4. The van der Waals surface area contributed by atoms with E-state index >= 15 is 0 Å². The summed E-state index contributed by atoms with van der Waals surface area (Å²) >= 11 is 0. The molecule has 3 saturated heterocycles. The highest BCUT2D eigenvalue weighted by Gasteiger charge is 2.80. The third kappa shape index (κ3) is 3.62. The molecule has 0 aromatic heterocycles. The molecule has 8 heteroatoms. The van der Waals surface area contributed by atoms with Crippen LogP contribution in [0.5, 0.6) is 0 Å². The minimum absolute atomic E-state index is 0.0537. The highest BCUT2D eigenvalue weighted by Crippen LogP contribution is 2.65. The number of likely N-dealkylation sites (tertiary alicyclic amines) is 1. The Balaban J connectivity index is 1.80. The largest absolute Gasteiger partial charge is 0.466 e. The first-order chi connectivity index (χ1) is 16.1. The van der Waals surface area contributed by atoms with E-state index < -0.39 is 41.1 Å². The SMILES string of the molecule is CCOC(=O)[C@H]1[C@H]2C(=O)N([C@@H](CO)Cc3ccccc3)C(C(=O)NC(C)C)C23CC(C)[C@]1(C)O3. The van der Waals surface area contributed by atoms with Crippen LogP contribution < -0.4 is 5.32 Å². The van der Waals surface area contributed by atoms with Crippen LogP contribution in [0.4, 0.5) is 0 Å². The van der Waals surface area contributed by atoms with Crippen molar-refractivity contribution in [3.8, 4) is 0 Å². The van der Waals surface area contributed by atoms with Crippen LogP contribution in [0, 0.1) is 17.8 Å². The van der Waals surface area contributed by atoms with Crippen LogP contribution >= 0.6 is 0 Å². The van der Waals surface area contributed by atoms with E-state index in [1.165, 1.54) is 4.90 Å². The molecule has 3 heterocycles. The summed E-state index contributed by atoms with van der Waals surface area (Å²) < 4.78 is 12.0. The quantitative estimate of drug-likeness (QED) is 0.558. The Morgan fingerprint density at radius 3 is 2.56 bits per heavy atom. The van der Waals surface area contributed by atoms with Crippen molar-refractivity contribution in [2.24, 2.45) is 17.8 Å². The summed E-state index contributed by atoms with van der Waals surface area (Å²) in [5, 5.41) is 13.3. The topological polar surface area (TPSA) is 105 Å². The predicted octanol–water partition coefficient (Wildman–Crippen LogP) is 1.69. The maximum Gasteiger partial charge on any atom is 0.312 e. The Morgan fingerprint density at radius 1 is 1.29 bits per heavy atom. The lowest BCUT2D eigenvalue weighted by Gasteiger charge is -2.37. The molecular formula is C26H36N2O6. The van der Waals surface area contributed by atoms with Gasteiger partial charge < -0.3 is 24.8 Å². The predicted molar refractivity (Wildman–Crippen MR) is 125 cm³/mol. The van der Waals surface area contributed by atoms with Crippen molar-refractivity contribution >= 4 is 17.8 Å². The standard InChI is InChI=1S/C26H36N2O6/c1-6-33-24(32)20-19-23(31)28(18(14-29)12-17-10-8-7-9-11-17)21(22(30)27-15(2)3)26(19)13-16(4)25(20,5)34-26/h7-11,15-16,18-21,29H,6,12-14H2,1-5H3,(H,27,30)/t16?,18-,19+,20-,21?,25+,26?/m1/s1. The molecule has 3 aliphatic heterocycles. The lowest BCUT2D eigenvalue weighted by Crippen LogP contribution is -2.59. The van der Waals surface area contributed by atoms with Gasteiger partial charge in [-0.15, -0.1) is 0 Å². The van der Waals surface area contributed by atoms with Crippen LogP contribution in [0.1, 0.15) is 46.6 Å². The van der Waals surface area contributed by atoms with E-state index in [0.717, 1.165) is 5.56 Å². The molecule has 8 nitrogen and oxygen atoms in total. The zero-order chi connectivity index (χ0) is 24.8. The number of aliphatic hydroxyl groups excluding tert-OH is 1. The third-order valence-corrected chi connectivity index (χ3v) is 7.89. The Bertz CT molecular complexity index is 952. The van der Waals surface area contributed by atoms with Crippen molar-refractivity contribution in [3.63, 3.8) is 0 Å². The van der Waals surface area contributed by atoms with Gasteiger partial charge in [-0.2, -0.15) is 0 Å². The second-order valence-electron chi connectivity index (χ2n) is 10.4. The van der Waals surface area contributed by atoms with Crippen LogP contribution in [-0.2, 0) is 30.3 Å². The minimum Gasteiger partial charge on any atom is -0.466 e. The molecule has 3 unspecified atom stereocenters. The number of amides is 2. The molecule has 0 aliphatic carbocycles. The zero-order valence-electron chi connectivity index (χ0n) is 20.6. The highest BCUT2D eigenvalue weighted by molar-refractivity contribution is 5.98. The van der Waals surface area contributed by atoms with Crippen LogP contribution in [0.2, 0.25) is 0 Å². The molecule has 0 radical (unpaired) electrons. The van der Waals surface area contributed by atoms with Gasteiger partial charge in [0, 0.05) is 6.04 Å². The van der Waals surface area contributed by atoms with Crippen LogP contribution in [0.3, 0.4) is 0 Å². The molecule has 34 heavy (non-hydrogen) atoms. The summed E-state index contributed by atoms with van der Waals surface area (Å²) in [5.41, 5.74) is -1.10. The smallest absolute Gasteiger partial charge is 0.312 e. The number of fused-ring (bicyclic) bond motifs is 1. The average Bonchev–Trinajstić information content (AvgIpc) is 3.29. The molecule has 2 bridgehead atoms. The van der Waals surface area contributed by atoms with Gasteiger partial charge >= 0.3 is 5.97 Å². The average molecular weight is 473 g/mol. The number of rotatable bonds is 8. The van der Waals surface area contributed by atoms with Gasteiger partial charge in [-0.3, -0.25) is 14.4 Å². The van der Waals surface area contributed by atoms with Gasteiger partial charge in [0.15, 0.2) is 0 Å². The van der Waals surface area contributed by atoms with Crippen LogP contribution in [0.15, 0.2) is 30.3 Å². The molecule has 1 aromatic rings. The fourth-order valence-corrected chi connectivity index (χ4v) is 6.46. The molecule has 1 spiro atoms. The van der Waals surface area contributed by atoms with E-state index in [2.05, 4.69) is 5.32 Å². The summed E-state index contributed by atoms with van der Waals surface area (Å²) in [6, 6.07) is 7.83. The number of hydrogen-bond donors (Lipinski definition) is 2. The molecular weight excluding hydrogens is 436 g/mol. The molecule has 3 aliphatic rings. The monoisotopic (exact) mass is 472 g/mol. The van der Waals surface area contributed by atoms with Gasteiger partial charge in [0.05, 0.1) is 30.8 Å². The van der Waals surface area contributed by atoms with Crippen molar-refractivity contribution < 1.29 is 29.0 Å². The normalized spacial score (nSPS) is 34.9. The maximum atomic E-state index is 14.1. The zero-order valence-corrected chi connectivity index (χ0v) is 20.6. The Morgan fingerprint density at radius 2 is 1.97 bits per heavy atom. The van der Waals surface area contributed by atoms with Crippen molar-refractivity contribution in [1.29, 1.82) is 0 Å². The number of carbonyl (C=O) groups excluding carboxylic acids is 3. The van der Waals surface area contributed by atoms with Gasteiger partial charge in [0.2, 0.25) is 11.8 Å². The summed E-state index contributed by atoms with van der Waals surface area (Å²) in [5.74, 6) is -2.81. The Labute approximate surface area is 201 Å². The summed E-state index contributed by atoms with van der Waals surface area (Å²) in [6.07, 6.45) is 0.861. The molecule has 2 amide bonds. The lowest BCUT2D eigenvalue weighted by molar-refractivity contribution is -0.162. The van der Waals surface area contributed by atoms with Crippen LogP contribution in [0.25, 0.3) is 0 Å². The number of carbonyl (C=O) groups is 3. The van der Waals surface area contributed by atoms with E-state index in [9.17, 15) is 19.5 Å². The van der Waals surface area contributed by atoms with Crippen molar-refractivity contribution in [2.75, 3.05) is 13.2 Å². The molecule has 0 saturated carbocycles. The molecule has 4 rings (SSSR count). The fourth-order valence-electron chi connectivity index (χ4n) is 6.46. The van der Waals surface area contributed by atoms with Gasteiger partial charge in [-0.25, -0.2) is 0 Å². The van der Waals surface area contributed by atoms with Gasteiger partial charge in [-0.1, -0.05) is 37.3 Å². The Hall–Kier alpha value is -2.45. The molecule has 1 aromatic carbocycles. The molecule has 3 fully saturated rings. The second kappa shape index (κ2) is 8.96. The van der Waals surface area contributed by atoms with Crippen molar-refractivity contribution in [1.82, 2.24) is 10.2 Å². The number of nitrogens with zero attached hydrogens (tertiary/aromatic N) is 1. The fraction of sp³-hybridized carbons (Fsp3) is 0.654. The number of nitrogens with one attached hydrogen (secondary N) is 1. The maximum absolute atomic E-state index is 14.1. The van der Waals surface area contributed by atoms with Crippen molar-refractivity contribution in [2.45, 2.75) is 76.8 Å². The first kappa shape index (κ1) is 24.7. The minimum atomic E-state index is -1.15. The number of hydrogen-bond acceptors (Lipinski definition) is 6. The highest BCUT2D eigenvalue weighted by atomic mass is 16.6. The first-order valence-electron chi connectivity index (χ1n) is 12.2. The Kier molecular flexibility index (Phi) is 6.50. The van der Waals surface area contributed by atoms with E-state index in [-0.39, 0.29) is 37.0 Å². The number of aliphatic hydroxyl groups is 1. The summed E-state index contributed by atoms with van der Waals surface area (Å²) in [4.78, 5) is 42.4.